The van der Waals surface area contributed by atoms with Crippen LogP contribution in [0.1, 0.15) is 17.5 Å². The minimum absolute atomic E-state index is 0.332. The van der Waals surface area contributed by atoms with E-state index in [9.17, 15) is 17.6 Å². The summed E-state index contributed by atoms with van der Waals surface area (Å²) >= 11 is 0. The van der Waals surface area contributed by atoms with Crippen LogP contribution in [-0.2, 0) is 6.18 Å². The third-order valence-electron chi connectivity index (χ3n) is 4.70. The molecule has 6 heteroatoms. The summed E-state index contributed by atoms with van der Waals surface area (Å²) in [6.45, 7) is 0.646. The van der Waals surface area contributed by atoms with E-state index >= 15 is 0 Å². The van der Waals surface area contributed by atoms with E-state index in [1.54, 1.807) is 18.3 Å². The number of dihydropyridines is 1. The maximum Gasteiger partial charge on any atom is 0.416 e. The molecule has 138 valence electrons. The van der Waals surface area contributed by atoms with Crippen molar-refractivity contribution >= 4 is 11.4 Å². The van der Waals surface area contributed by atoms with Crippen LogP contribution in [0.2, 0.25) is 0 Å². The molecule has 27 heavy (non-hydrogen) atoms. The van der Waals surface area contributed by atoms with Crippen molar-refractivity contribution < 1.29 is 17.6 Å². The number of alkyl halides is 3. The molecule has 2 aromatic carbocycles. The molecule has 0 aromatic heterocycles. The standard InChI is InChI=1S/C21H16F4N2/c22-17-5-7-18(8-6-17)27-12-10-15-13-26-11-9-19(15)20(27)14-1-3-16(4-2-14)21(23,24)25/h1-9,11,13,26H,10,12H2. The van der Waals surface area contributed by atoms with E-state index in [0.717, 1.165) is 41.1 Å². The van der Waals surface area contributed by atoms with Crippen LogP contribution in [0, 0.1) is 5.82 Å². The van der Waals surface area contributed by atoms with Crippen molar-refractivity contribution in [1.29, 1.82) is 0 Å². The molecule has 0 spiro atoms. The number of halogens is 4. The Morgan fingerprint density at radius 1 is 0.926 bits per heavy atom. The molecule has 2 aliphatic heterocycles. The molecule has 0 radical (unpaired) electrons. The number of allylic oxidation sites excluding steroid dienone is 2. The van der Waals surface area contributed by atoms with Gasteiger partial charge >= 0.3 is 6.18 Å². The zero-order chi connectivity index (χ0) is 19.0. The van der Waals surface area contributed by atoms with Gasteiger partial charge in [-0.3, -0.25) is 0 Å². The van der Waals surface area contributed by atoms with E-state index in [0.29, 0.717) is 12.1 Å². The molecule has 4 rings (SSSR count). The average molecular weight is 372 g/mol. The van der Waals surface area contributed by atoms with Gasteiger partial charge in [-0.15, -0.1) is 0 Å². The Balaban J connectivity index is 1.84. The minimum atomic E-state index is -4.38. The summed E-state index contributed by atoms with van der Waals surface area (Å²) in [6, 6.07) is 11.3. The average Bonchev–Trinajstić information content (AvgIpc) is 2.67. The van der Waals surface area contributed by atoms with Gasteiger partial charge in [0, 0.05) is 30.2 Å². The molecule has 0 fully saturated rings. The van der Waals surface area contributed by atoms with E-state index in [4.69, 9.17) is 0 Å². The van der Waals surface area contributed by atoms with E-state index in [1.165, 1.54) is 24.3 Å². The summed E-state index contributed by atoms with van der Waals surface area (Å²) in [7, 11) is 0. The molecule has 2 heterocycles. The quantitative estimate of drug-likeness (QED) is 0.704. The fourth-order valence-electron chi connectivity index (χ4n) is 3.40. The fraction of sp³-hybridized carbons (Fsp3) is 0.143. The first kappa shape index (κ1) is 17.4. The summed E-state index contributed by atoms with van der Waals surface area (Å²) in [5.74, 6) is -0.332. The Kier molecular flexibility index (Phi) is 4.26. The monoisotopic (exact) mass is 372 g/mol. The smallest absolute Gasteiger partial charge is 0.367 e. The highest BCUT2D eigenvalue weighted by atomic mass is 19.4. The zero-order valence-electron chi connectivity index (χ0n) is 14.2. The lowest BCUT2D eigenvalue weighted by Crippen LogP contribution is -2.30. The van der Waals surface area contributed by atoms with Crippen LogP contribution < -0.4 is 10.2 Å². The molecule has 0 unspecified atom stereocenters. The minimum Gasteiger partial charge on any atom is -0.367 e. The zero-order valence-corrected chi connectivity index (χ0v) is 14.2. The lowest BCUT2D eigenvalue weighted by atomic mass is 9.91. The molecule has 0 saturated heterocycles. The van der Waals surface area contributed by atoms with Gasteiger partial charge in [0.15, 0.2) is 0 Å². The third kappa shape index (κ3) is 3.35. The molecule has 2 aliphatic rings. The van der Waals surface area contributed by atoms with E-state index in [1.807, 2.05) is 17.2 Å². The first-order chi connectivity index (χ1) is 12.9. The topological polar surface area (TPSA) is 15.3 Å². The molecular weight excluding hydrogens is 356 g/mol. The number of nitrogens with one attached hydrogen (secondary N) is 1. The predicted molar refractivity (Wildman–Crippen MR) is 97.1 cm³/mol. The van der Waals surface area contributed by atoms with Crippen LogP contribution in [0.25, 0.3) is 5.70 Å². The van der Waals surface area contributed by atoms with Crippen LogP contribution in [-0.4, -0.2) is 6.54 Å². The van der Waals surface area contributed by atoms with Crippen molar-refractivity contribution in [2.75, 3.05) is 11.4 Å². The summed E-state index contributed by atoms with van der Waals surface area (Å²) in [6.07, 6.45) is 2.00. The Hall–Kier alpha value is -3.02. The van der Waals surface area contributed by atoms with Crippen molar-refractivity contribution in [1.82, 2.24) is 5.32 Å². The number of benzene rings is 2. The Bertz CT molecular complexity index is 936. The first-order valence-electron chi connectivity index (χ1n) is 8.50. The van der Waals surface area contributed by atoms with Gasteiger partial charge in [0.05, 0.1) is 11.3 Å². The molecule has 1 N–H and O–H groups in total. The summed E-state index contributed by atoms with van der Waals surface area (Å²) in [5.41, 5.74) is 3.64. The Morgan fingerprint density at radius 3 is 2.30 bits per heavy atom. The number of nitrogens with zero attached hydrogens (tertiary/aromatic N) is 1. The van der Waals surface area contributed by atoms with Gasteiger partial charge in [0.2, 0.25) is 0 Å². The van der Waals surface area contributed by atoms with Gasteiger partial charge in [-0.2, -0.15) is 13.2 Å². The van der Waals surface area contributed by atoms with Gasteiger partial charge in [0.1, 0.15) is 5.82 Å². The summed E-state index contributed by atoms with van der Waals surface area (Å²) in [5, 5.41) is 3.05. The maximum atomic E-state index is 13.3. The predicted octanol–water partition coefficient (Wildman–Crippen LogP) is 5.47. The van der Waals surface area contributed by atoms with E-state index in [-0.39, 0.29) is 5.82 Å². The fourth-order valence-corrected chi connectivity index (χ4v) is 3.40. The van der Waals surface area contributed by atoms with Gasteiger partial charge < -0.3 is 10.2 Å². The van der Waals surface area contributed by atoms with Gasteiger partial charge in [0.25, 0.3) is 0 Å². The molecule has 0 aliphatic carbocycles. The van der Waals surface area contributed by atoms with Crippen molar-refractivity contribution in [3.8, 4) is 0 Å². The van der Waals surface area contributed by atoms with Crippen LogP contribution in [0.3, 0.4) is 0 Å². The summed E-state index contributed by atoms with van der Waals surface area (Å²) < 4.78 is 52.1. The number of rotatable bonds is 2. The second kappa shape index (κ2) is 6.61. The number of hydrogen-bond acceptors (Lipinski definition) is 2. The Labute approximate surface area is 154 Å². The van der Waals surface area contributed by atoms with Crippen molar-refractivity contribution in [2.45, 2.75) is 12.6 Å². The Morgan fingerprint density at radius 2 is 1.63 bits per heavy atom. The highest BCUT2D eigenvalue weighted by Crippen LogP contribution is 2.39. The van der Waals surface area contributed by atoms with Crippen LogP contribution in [0.15, 0.2) is 78.2 Å². The van der Waals surface area contributed by atoms with Crippen LogP contribution in [0.4, 0.5) is 23.2 Å². The second-order valence-corrected chi connectivity index (χ2v) is 6.39. The summed E-state index contributed by atoms with van der Waals surface area (Å²) in [4.78, 5) is 2.02. The maximum absolute atomic E-state index is 13.3. The normalized spacial score (nSPS) is 16.7. The SMILES string of the molecule is Fc1ccc(N2CCC3=CNC=CC3=C2c2ccc(C(F)(F)F)cc2)cc1. The molecule has 2 aromatic rings. The molecule has 0 bridgehead atoms. The molecule has 0 atom stereocenters. The highest BCUT2D eigenvalue weighted by molar-refractivity contribution is 5.87. The lowest BCUT2D eigenvalue weighted by molar-refractivity contribution is -0.137. The van der Waals surface area contributed by atoms with Crippen LogP contribution in [0.5, 0.6) is 0 Å². The molecule has 0 saturated carbocycles. The third-order valence-corrected chi connectivity index (χ3v) is 4.70. The second-order valence-electron chi connectivity index (χ2n) is 6.39. The largest absolute Gasteiger partial charge is 0.416 e. The van der Waals surface area contributed by atoms with E-state index < -0.39 is 11.7 Å². The van der Waals surface area contributed by atoms with Crippen molar-refractivity contribution in [3.05, 3.63) is 95.1 Å². The van der Waals surface area contributed by atoms with Crippen molar-refractivity contribution in [3.63, 3.8) is 0 Å². The lowest BCUT2D eigenvalue weighted by Gasteiger charge is -2.35. The van der Waals surface area contributed by atoms with E-state index in [2.05, 4.69) is 5.32 Å². The van der Waals surface area contributed by atoms with Gasteiger partial charge in [-0.05, 0) is 60.0 Å². The molecular formula is C21H16F4N2. The first-order valence-corrected chi connectivity index (χ1v) is 8.50. The van der Waals surface area contributed by atoms with Crippen molar-refractivity contribution in [2.24, 2.45) is 0 Å². The molecule has 0 amide bonds. The van der Waals surface area contributed by atoms with Gasteiger partial charge in [-0.25, -0.2) is 4.39 Å². The number of anilines is 1. The van der Waals surface area contributed by atoms with Gasteiger partial charge in [-0.1, -0.05) is 12.1 Å². The molecule has 2 nitrogen and oxygen atoms in total. The van der Waals surface area contributed by atoms with Crippen LogP contribution >= 0.6 is 0 Å². The number of fused-ring (bicyclic) bond motifs is 1. The highest BCUT2D eigenvalue weighted by Gasteiger charge is 2.31. The number of hydrogen-bond donors (Lipinski definition) is 1.